The Balaban J connectivity index is 2.39. The molecule has 0 atom stereocenters. The number of halogens is 1. The van der Waals surface area contributed by atoms with Gasteiger partial charge in [-0.2, -0.15) is 0 Å². The van der Waals surface area contributed by atoms with Crippen LogP contribution in [-0.4, -0.2) is 16.5 Å². The molecular formula is C10H14ClN3. The van der Waals surface area contributed by atoms with Gasteiger partial charge in [0, 0.05) is 6.54 Å². The number of nitrogens with zero attached hydrogens (tertiary/aromatic N) is 2. The average Bonchev–Trinajstić information content (AvgIpc) is 2.15. The van der Waals surface area contributed by atoms with Crippen molar-refractivity contribution in [2.45, 2.75) is 20.3 Å². The molecular weight excluding hydrogens is 198 g/mol. The first-order valence-electron chi connectivity index (χ1n) is 4.53. The normalized spacial score (nSPS) is 9.64. The van der Waals surface area contributed by atoms with Gasteiger partial charge in [0.1, 0.15) is 17.2 Å². The van der Waals surface area contributed by atoms with Gasteiger partial charge >= 0.3 is 0 Å². The Morgan fingerprint density at radius 3 is 3.00 bits per heavy atom. The number of aromatic nitrogens is 2. The second-order valence-corrected chi connectivity index (χ2v) is 3.62. The van der Waals surface area contributed by atoms with E-state index in [9.17, 15) is 0 Å². The van der Waals surface area contributed by atoms with Crippen LogP contribution in [0.5, 0.6) is 0 Å². The molecule has 0 aliphatic carbocycles. The van der Waals surface area contributed by atoms with Gasteiger partial charge in [-0.05, 0) is 20.3 Å². The molecule has 14 heavy (non-hydrogen) atoms. The summed E-state index contributed by atoms with van der Waals surface area (Å²) in [6.45, 7) is 5.00. The van der Waals surface area contributed by atoms with Gasteiger partial charge in [-0.1, -0.05) is 23.3 Å². The van der Waals surface area contributed by atoms with Crippen LogP contribution in [0, 0.1) is 0 Å². The van der Waals surface area contributed by atoms with Crippen molar-refractivity contribution in [1.82, 2.24) is 9.97 Å². The molecule has 3 nitrogen and oxygen atoms in total. The van der Waals surface area contributed by atoms with Crippen LogP contribution in [0.2, 0.25) is 5.02 Å². The van der Waals surface area contributed by atoms with Crippen molar-refractivity contribution in [3.05, 3.63) is 29.2 Å². The number of rotatable bonds is 4. The van der Waals surface area contributed by atoms with Crippen molar-refractivity contribution < 1.29 is 0 Å². The minimum Gasteiger partial charge on any atom is -0.368 e. The lowest BCUT2D eigenvalue weighted by atomic mass is 10.3. The largest absolute Gasteiger partial charge is 0.368 e. The fraction of sp³-hybridized carbons (Fsp3) is 0.400. The van der Waals surface area contributed by atoms with Crippen molar-refractivity contribution in [3.63, 3.8) is 0 Å². The highest BCUT2D eigenvalue weighted by Crippen LogP contribution is 2.15. The maximum Gasteiger partial charge on any atom is 0.148 e. The average molecular weight is 212 g/mol. The maximum absolute atomic E-state index is 5.86. The molecule has 1 aromatic rings. The second kappa shape index (κ2) is 5.60. The third-order valence-electron chi connectivity index (χ3n) is 1.66. The second-order valence-electron chi connectivity index (χ2n) is 3.22. The summed E-state index contributed by atoms with van der Waals surface area (Å²) in [6, 6.07) is 0. The van der Waals surface area contributed by atoms with Gasteiger partial charge in [0.2, 0.25) is 0 Å². The van der Waals surface area contributed by atoms with Crippen LogP contribution >= 0.6 is 11.6 Å². The minimum absolute atomic E-state index is 0.560. The molecule has 0 aliphatic heterocycles. The van der Waals surface area contributed by atoms with E-state index < -0.39 is 0 Å². The molecule has 4 heteroatoms. The van der Waals surface area contributed by atoms with Crippen LogP contribution in [0.1, 0.15) is 20.3 Å². The first kappa shape index (κ1) is 11.0. The van der Waals surface area contributed by atoms with Crippen molar-refractivity contribution >= 4 is 17.4 Å². The van der Waals surface area contributed by atoms with E-state index in [0.29, 0.717) is 10.8 Å². The number of nitrogens with one attached hydrogen (secondary N) is 1. The molecule has 0 saturated carbocycles. The summed E-state index contributed by atoms with van der Waals surface area (Å²) in [7, 11) is 0. The number of hydrogen-bond acceptors (Lipinski definition) is 3. The van der Waals surface area contributed by atoms with Crippen LogP contribution in [0.4, 0.5) is 5.82 Å². The molecule has 0 amide bonds. The van der Waals surface area contributed by atoms with Gasteiger partial charge in [-0.15, -0.1) is 0 Å². The van der Waals surface area contributed by atoms with Gasteiger partial charge in [-0.3, -0.25) is 0 Å². The summed E-state index contributed by atoms with van der Waals surface area (Å²) in [5.41, 5.74) is 1.32. The Morgan fingerprint density at radius 2 is 2.36 bits per heavy atom. The first-order valence-corrected chi connectivity index (χ1v) is 4.90. The van der Waals surface area contributed by atoms with Crippen LogP contribution < -0.4 is 5.32 Å². The molecule has 1 heterocycles. The Morgan fingerprint density at radius 1 is 1.57 bits per heavy atom. The molecule has 0 saturated heterocycles. The summed E-state index contributed by atoms with van der Waals surface area (Å²) in [5, 5.41) is 3.70. The number of hydrogen-bond donors (Lipinski definition) is 1. The first-order chi connectivity index (χ1) is 6.70. The van der Waals surface area contributed by atoms with Crippen LogP contribution in [0.25, 0.3) is 0 Å². The summed E-state index contributed by atoms with van der Waals surface area (Å²) in [5.74, 6) is 0.698. The van der Waals surface area contributed by atoms with Gasteiger partial charge in [-0.25, -0.2) is 9.97 Å². The molecule has 1 rings (SSSR count). The van der Waals surface area contributed by atoms with E-state index in [0.717, 1.165) is 13.0 Å². The van der Waals surface area contributed by atoms with Gasteiger partial charge < -0.3 is 5.32 Å². The van der Waals surface area contributed by atoms with E-state index in [1.165, 1.54) is 11.9 Å². The van der Waals surface area contributed by atoms with E-state index in [1.54, 1.807) is 6.20 Å². The fourth-order valence-electron chi connectivity index (χ4n) is 0.994. The van der Waals surface area contributed by atoms with E-state index in [-0.39, 0.29) is 0 Å². The zero-order chi connectivity index (χ0) is 10.4. The highest BCUT2D eigenvalue weighted by molar-refractivity contribution is 6.32. The molecule has 0 aliphatic rings. The third-order valence-corrected chi connectivity index (χ3v) is 1.93. The van der Waals surface area contributed by atoms with E-state index in [2.05, 4.69) is 35.2 Å². The van der Waals surface area contributed by atoms with E-state index in [4.69, 9.17) is 11.6 Å². The molecule has 0 aromatic carbocycles. The SMILES string of the molecule is CC(C)=CCCNc1ncncc1Cl. The monoisotopic (exact) mass is 211 g/mol. The molecule has 0 bridgehead atoms. The van der Waals surface area contributed by atoms with Crippen molar-refractivity contribution in [1.29, 1.82) is 0 Å². The smallest absolute Gasteiger partial charge is 0.148 e. The molecule has 76 valence electrons. The van der Waals surface area contributed by atoms with Gasteiger partial charge in [0.15, 0.2) is 0 Å². The minimum atomic E-state index is 0.560. The quantitative estimate of drug-likeness (QED) is 0.615. The predicted octanol–water partition coefficient (Wildman–Crippen LogP) is 2.90. The molecule has 1 aromatic heterocycles. The van der Waals surface area contributed by atoms with E-state index >= 15 is 0 Å². The summed E-state index contributed by atoms with van der Waals surface area (Å²) < 4.78 is 0. The lowest BCUT2D eigenvalue weighted by molar-refractivity contribution is 1.02. The Labute approximate surface area is 89.2 Å². The summed E-state index contributed by atoms with van der Waals surface area (Å²) in [4.78, 5) is 7.83. The molecule has 0 radical (unpaired) electrons. The Hall–Kier alpha value is -1.09. The van der Waals surface area contributed by atoms with Crippen LogP contribution in [0.3, 0.4) is 0 Å². The number of anilines is 1. The molecule has 0 fully saturated rings. The Kier molecular flexibility index (Phi) is 4.40. The van der Waals surface area contributed by atoms with Gasteiger partial charge in [0.25, 0.3) is 0 Å². The van der Waals surface area contributed by atoms with Gasteiger partial charge in [0.05, 0.1) is 6.20 Å². The predicted molar refractivity (Wildman–Crippen MR) is 59.6 cm³/mol. The van der Waals surface area contributed by atoms with E-state index in [1.807, 2.05) is 0 Å². The molecule has 1 N–H and O–H groups in total. The third kappa shape index (κ3) is 3.75. The fourth-order valence-corrected chi connectivity index (χ4v) is 1.17. The topological polar surface area (TPSA) is 37.8 Å². The lowest BCUT2D eigenvalue weighted by Gasteiger charge is -2.04. The maximum atomic E-state index is 5.86. The van der Waals surface area contributed by atoms with Crippen LogP contribution in [-0.2, 0) is 0 Å². The Bertz CT molecular complexity index is 319. The van der Waals surface area contributed by atoms with Crippen LogP contribution in [0.15, 0.2) is 24.2 Å². The standard InChI is InChI=1S/C10H14ClN3/c1-8(2)4-3-5-13-10-9(11)6-12-7-14-10/h4,6-7H,3,5H2,1-2H3,(H,12,13,14). The van der Waals surface area contributed by atoms with Crippen molar-refractivity contribution in [2.75, 3.05) is 11.9 Å². The summed E-state index contributed by atoms with van der Waals surface area (Å²) >= 11 is 5.86. The zero-order valence-electron chi connectivity index (χ0n) is 8.42. The zero-order valence-corrected chi connectivity index (χ0v) is 9.17. The molecule has 0 unspecified atom stereocenters. The molecule has 0 spiro atoms. The number of allylic oxidation sites excluding steroid dienone is 1. The lowest BCUT2D eigenvalue weighted by Crippen LogP contribution is -2.03. The highest BCUT2D eigenvalue weighted by atomic mass is 35.5. The highest BCUT2D eigenvalue weighted by Gasteiger charge is 1.98. The van der Waals surface area contributed by atoms with Crippen molar-refractivity contribution in [2.24, 2.45) is 0 Å². The van der Waals surface area contributed by atoms with Crippen molar-refractivity contribution in [3.8, 4) is 0 Å². The summed E-state index contributed by atoms with van der Waals surface area (Å²) in [6.07, 6.45) is 6.21.